The number of nitrogens with zero attached hydrogens (tertiary/aromatic N) is 3. The van der Waals surface area contributed by atoms with Crippen LogP contribution in [0.15, 0.2) is 53.7 Å². The Balaban J connectivity index is 1.50. The van der Waals surface area contributed by atoms with Gasteiger partial charge in [-0.3, -0.25) is 14.9 Å². The number of pyridine rings is 1. The second-order valence-corrected chi connectivity index (χ2v) is 7.68. The molecule has 156 valence electrons. The van der Waals surface area contributed by atoms with Gasteiger partial charge in [-0.15, -0.1) is 0 Å². The third-order valence-electron chi connectivity index (χ3n) is 5.07. The van der Waals surface area contributed by atoms with Crippen LogP contribution in [0.5, 0.6) is 0 Å². The van der Waals surface area contributed by atoms with Crippen molar-refractivity contribution >= 4 is 17.6 Å². The SMILES string of the molecule is CCNC(=NCC(O)c1ccccc1Cl)NC1CCN(Cc2ccccn2)CC1. The molecule has 2 heterocycles. The number of guanidine groups is 1. The number of hydrogen-bond acceptors (Lipinski definition) is 4. The molecule has 1 aliphatic rings. The summed E-state index contributed by atoms with van der Waals surface area (Å²) in [6.45, 7) is 6.01. The first-order chi connectivity index (χ1) is 14.2. The largest absolute Gasteiger partial charge is 0.386 e. The van der Waals surface area contributed by atoms with Gasteiger partial charge in [0.05, 0.1) is 12.2 Å². The molecule has 1 saturated heterocycles. The molecule has 3 N–H and O–H groups in total. The van der Waals surface area contributed by atoms with Crippen molar-refractivity contribution in [1.29, 1.82) is 0 Å². The minimum absolute atomic E-state index is 0.261. The van der Waals surface area contributed by atoms with Crippen LogP contribution in [-0.2, 0) is 6.54 Å². The van der Waals surface area contributed by atoms with E-state index in [0.717, 1.165) is 50.7 Å². The molecule has 1 fully saturated rings. The molecule has 1 aliphatic heterocycles. The van der Waals surface area contributed by atoms with Gasteiger partial charge in [0, 0.05) is 49.0 Å². The fourth-order valence-electron chi connectivity index (χ4n) is 3.49. The lowest BCUT2D eigenvalue weighted by Gasteiger charge is -2.33. The zero-order valence-electron chi connectivity index (χ0n) is 16.9. The molecule has 0 spiro atoms. The van der Waals surface area contributed by atoms with Crippen molar-refractivity contribution in [3.63, 3.8) is 0 Å². The van der Waals surface area contributed by atoms with E-state index in [1.807, 2.05) is 43.5 Å². The number of aliphatic hydroxyl groups is 1. The number of halogens is 1. The van der Waals surface area contributed by atoms with Gasteiger partial charge >= 0.3 is 0 Å². The summed E-state index contributed by atoms with van der Waals surface area (Å²) in [6.07, 6.45) is 3.22. The molecule has 1 unspecified atom stereocenters. The fourth-order valence-corrected chi connectivity index (χ4v) is 3.75. The van der Waals surface area contributed by atoms with Crippen molar-refractivity contribution in [2.24, 2.45) is 4.99 Å². The van der Waals surface area contributed by atoms with E-state index in [1.165, 1.54) is 0 Å². The average Bonchev–Trinajstić information content (AvgIpc) is 2.74. The maximum atomic E-state index is 10.4. The highest BCUT2D eigenvalue weighted by Gasteiger charge is 2.20. The molecule has 0 radical (unpaired) electrons. The quantitative estimate of drug-likeness (QED) is 0.479. The molecule has 1 atom stereocenters. The standard InChI is InChI=1S/C22H30ClN5O/c1-2-24-22(26-15-21(29)19-8-3-4-9-20(19)23)27-17-10-13-28(14-11-17)16-18-7-5-6-12-25-18/h3-9,12,17,21,29H,2,10-11,13-16H2,1H3,(H2,24,26,27). The van der Waals surface area contributed by atoms with Gasteiger partial charge in [-0.2, -0.15) is 0 Å². The Morgan fingerprint density at radius 3 is 2.69 bits per heavy atom. The van der Waals surface area contributed by atoms with Gasteiger partial charge in [-0.1, -0.05) is 35.9 Å². The average molecular weight is 416 g/mol. The summed E-state index contributed by atoms with van der Waals surface area (Å²) in [7, 11) is 0. The van der Waals surface area contributed by atoms with E-state index in [1.54, 1.807) is 6.07 Å². The molecule has 2 aromatic rings. The van der Waals surface area contributed by atoms with Crippen molar-refractivity contribution in [3.8, 4) is 0 Å². The molecule has 3 rings (SSSR count). The Kier molecular flexibility index (Phi) is 8.28. The second kappa shape index (κ2) is 11.1. The predicted molar refractivity (Wildman–Crippen MR) is 118 cm³/mol. The number of likely N-dealkylation sites (tertiary alicyclic amines) is 1. The first-order valence-corrected chi connectivity index (χ1v) is 10.6. The van der Waals surface area contributed by atoms with E-state index in [0.29, 0.717) is 16.6 Å². The normalized spacial score (nSPS) is 17.1. The predicted octanol–water partition coefficient (Wildman–Crippen LogP) is 2.99. The molecule has 1 aromatic heterocycles. The van der Waals surface area contributed by atoms with Crippen LogP contribution in [0, 0.1) is 0 Å². The van der Waals surface area contributed by atoms with E-state index in [4.69, 9.17) is 11.6 Å². The van der Waals surface area contributed by atoms with Gasteiger partial charge < -0.3 is 15.7 Å². The summed E-state index contributed by atoms with van der Waals surface area (Å²) in [5.41, 5.74) is 1.82. The van der Waals surface area contributed by atoms with Gasteiger partial charge in [-0.05, 0) is 38.0 Å². The zero-order valence-corrected chi connectivity index (χ0v) is 17.6. The van der Waals surface area contributed by atoms with Crippen LogP contribution < -0.4 is 10.6 Å². The summed E-state index contributed by atoms with van der Waals surface area (Å²) in [6, 6.07) is 13.8. The smallest absolute Gasteiger partial charge is 0.191 e. The number of aromatic nitrogens is 1. The lowest BCUT2D eigenvalue weighted by atomic mass is 10.0. The molecule has 0 bridgehead atoms. The Morgan fingerprint density at radius 1 is 1.24 bits per heavy atom. The van der Waals surface area contributed by atoms with E-state index >= 15 is 0 Å². The van der Waals surface area contributed by atoms with E-state index < -0.39 is 6.10 Å². The Morgan fingerprint density at radius 2 is 2.00 bits per heavy atom. The molecule has 0 amide bonds. The zero-order chi connectivity index (χ0) is 20.5. The van der Waals surface area contributed by atoms with Crippen molar-refractivity contribution in [2.45, 2.75) is 38.5 Å². The van der Waals surface area contributed by atoms with Gasteiger partial charge in [0.1, 0.15) is 6.10 Å². The Labute approximate surface area is 178 Å². The number of rotatable bonds is 7. The number of hydrogen-bond donors (Lipinski definition) is 3. The molecule has 6 nitrogen and oxygen atoms in total. The molecule has 7 heteroatoms. The van der Waals surface area contributed by atoms with E-state index in [2.05, 4.69) is 31.6 Å². The topological polar surface area (TPSA) is 72.8 Å². The number of nitrogens with one attached hydrogen (secondary N) is 2. The van der Waals surface area contributed by atoms with Crippen LogP contribution in [0.1, 0.15) is 37.1 Å². The van der Waals surface area contributed by atoms with Crippen LogP contribution in [-0.4, -0.2) is 53.2 Å². The number of aliphatic imine (C=N–C) groups is 1. The third kappa shape index (κ3) is 6.70. The van der Waals surface area contributed by atoms with Gasteiger partial charge in [0.25, 0.3) is 0 Å². The Bertz CT molecular complexity index is 778. The monoisotopic (exact) mass is 415 g/mol. The molecule has 0 aliphatic carbocycles. The van der Waals surface area contributed by atoms with Crippen LogP contribution in [0.2, 0.25) is 5.02 Å². The summed E-state index contributed by atoms with van der Waals surface area (Å²) >= 11 is 6.17. The van der Waals surface area contributed by atoms with Gasteiger partial charge in [0.2, 0.25) is 0 Å². The van der Waals surface area contributed by atoms with Gasteiger partial charge in [-0.25, -0.2) is 0 Å². The lowest BCUT2D eigenvalue weighted by molar-refractivity contribution is 0.186. The van der Waals surface area contributed by atoms with Crippen molar-refractivity contribution < 1.29 is 5.11 Å². The highest BCUT2D eigenvalue weighted by atomic mass is 35.5. The van der Waals surface area contributed by atoms with Gasteiger partial charge in [0.15, 0.2) is 5.96 Å². The van der Waals surface area contributed by atoms with Crippen molar-refractivity contribution in [1.82, 2.24) is 20.5 Å². The number of piperidine rings is 1. The summed E-state index contributed by atoms with van der Waals surface area (Å²) < 4.78 is 0. The molecular weight excluding hydrogens is 386 g/mol. The number of benzene rings is 1. The third-order valence-corrected chi connectivity index (χ3v) is 5.42. The van der Waals surface area contributed by atoms with Crippen LogP contribution >= 0.6 is 11.6 Å². The van der Waals surface area contributed by atoms with Crippen molar-refractivity contribution in [3.05, 3.63) is 64.9 Å². The molecule has 1 aromatic carbocycles. The maximum absolute atomic E-state index is 10.4. The molecular formula is C22H30ClN5O. The van der Waals surface area contributed by atoms with E-state index in [9.17, 15) is 5.11 Å². The maximum Gasteiger partial charge on any atom is 0.191 e. The summed E-state index contributed by atoms with van der Waals surface area (Å²) in [5, 5.41) is 17.8. The Hall–Kier alpha value is -2.15. The van der Waals surface area contributed by atoms with Crippen LogP contribution in [0.25, 0.3) is 0 Å². The summed E-state index contributed by atoms with van der Waals surface area (Å²) in [5.74, 6) is 0.738. The fraction of sp³-hybridized carbons (Fsp3) is 0.455. The minimum Gasteiger partial charge on any atom is -0.386 e. The molecule has 29 heavy (non-hydrogen) atoms. The van der Waals surface area contributed by atoms with Crippen LogP contribution in [0.4, 0.5) is 0 Å². The second-order valence-electron chi connectivity index (χ2n) is 7.27. The van der Waals surface area contributed by atoms with Crippen LogP contribution in [0.3, 0.4) is 0 Å². The highest BCUT2D eigenvalue weighted by Crippen LogP contribution is 2.22. The first kappa shape index (κ1) is 21.6. The number of aliphatic hydroxyl groups excluding tert-OH is 1. The van der Waals surface area contributed by atoms with Crippen molar-refractivity contribution in [2.75, 3.05) is 26.2 Å². The lowest BCUT2D eigenvalue weighted by Crippen LogP contribution is -2.48. The first-order valence-electron chi connectivity index (χ1n) is 10.2. The minimum atomic E-state index is -0.723. The summed E-state index contributed by atoms with van der Waals surface area (Å²) in [4.78, 5) is 11.4. The highest BCUT2D eigenvalue weighted by molar-refractivity contribution is 6.31. The van der Waals surface area contributed by atoms with E-state index in [-0.39, 0.29) is 6.54 Å². The molecule has 0 saturated carbocycles.